The summed E-state index contributed by atoms with van der Waals surface area (Å²) in [4.78, 5) is 27.6. The summed E-state index contributed by atoms with van der Waals surface area (Å²) >= 11 is 0. The molecule has 2 fully saturated rings. The number of nitrogens with one attached hydrogen (secondary N) is 1. The van der Waals surface area contributed by atoms with Gasteiger partial charge in [0.05, 0.1) is 26.0 Å². The number of anilines is 1. The second-order valence-corrected chi connectivity index (χ2v) is 8.69. The van der Waals surface area contributed by atoms with Gasteiger partial charge in [0.1, 0.15) is 5.75 Å². The fraction of sp³-hybridized carbons (Fsp3) is 0.458. The Bertz CT molecular complexity index is 1060. The minimum Gasteiger partial charge on any atom is -0.496 e. The van der Waals surface area contributed by atoms with Crippen LogP contribution >= 0.6 is 0 Å². The molecule has 0 saturated carbocycles. The van der Waals surface area contributed by atoms with Crippen molar-refractivity contribution in [3.05, 3.63) is 42.2 Å². The molecule has 0 spiro atoms. The molecule has 10 nitrogen and oxygen atoms in total. The number of aliphatic imine (C=N–C) groups is 1. The van der Waals surface area contributed by atoms with Crippen molar-refractivity contribution in [2.45, 2.75) is 12.3 Å². The normalized spacial score (nSPS) is 23.1. The molecule has 0 bridgehead atoms. The van der Waals surface area contributed by atoms with E-state index in [0.29, 0.717) is 45.9 Å². The van der Waals surface area contributed by atoms with Gasteiger partial charge in [0.2, 0.25) is 5.91 Å². The van der Waals surface area contributed by atoms with E-state index in [9.17, 15) is 4.79 Å². The van der Waals surface area contributed by atoms with Crippen LogP contribution in [-0.2, 0) is 4.74 Å². The summed E-state index contributed by atoms with van der Waals surface area (Å²) in [7, 11) is 1.66. The van der Waals surface area contributed by atoms with Gasteiger partial charge in [0.25, 0.3) is 0 Å². The molecule has 1 aromatic heterocycles. The molecule has 34 heavy (non-hydrogen) atoms. The number of pyridine rings is 1. The maximum absolute atomic E-state index is 12.9. The van der Waals surface area contributed by atoms with Gasteiger partial charge >= 0.3 is 6.03 Å². The second-order valence-electron chi connectivity index (χ2n) is 8.69. The highest BCUT2D eigenvalue weighted by atomic mass is 16.5. The number of methoxy groups -OCH3 is 1. The van der Waals surface area contributed by atoms with E-state index >= 15 is 0 Å². The van der Waals surface area contributed by atoms with Crippen molar-refractivity contribution >= 4 is 17.9 Å². The number of ether oxygens (including phenoxy) is 2. The van der Waals surface area contributed by atoms with Gasteiger partial charge in [-0.3, -0.25) is 10.7 Å². The third kappa shape index (κ3) is 4.44. The monoisotopic (exact) mass is 465 g/mol. The summed E-state index contributed by atoms with van der Waals surface area (Å²) in [5, 5.41) is 3.41. The SMILES string of the molecule is COc1cc2c(cc1-c1ccncc1)C=NC(N)(N1CCCN(C(=O)N3CCOCC3)CC1)N2. The van der Waals surface area contributed by atoms with Crippen LogP contribution in [0.5, 0.6) is 5.75 Å². The van der Waals surface area contributed by atoms with Crippen LogP contribution in [0.3, 0.4) is 0 Å². The van der Waals surface area contributed by atoms with Crippen LogP contribution < -0.4 is 15.8 Å². The highest BCUT2D eigenvalue weighted by Gasteiger charge is 2.37. The first-order chi connectivity index (χ1) is 16.6. The largest absolute Gasteiger partial charge is 0.496 e. The topological polar surface area (TPSA) is 109 Å². The standard InChI is InChI=1S/C24H31N7O3/c1-33-22-16-21-19(15-20(22)18-3-5-26-6-4-18)17-27-24(25,28-21)31-8-2-7-29(9-10-31)23(32)30-11-13-34-14-12-30/h3-6,15-17,28H,2,7-14,25H2,1H3. The number of nitrogens with zero attached hydrogens (tertiary/aromatic N) is 5. The summed E-state index contributed by atoms with van der Waals surface area (Å²) < 4.78 is 11.1. The average molecular weight is 466 g/mol. The summed E-state index contributed by atoms with van der Waals surface area (Å²) in [5.41, 5.74) is 10.5. The van der Waals surface area contributed by atoms with Crippen LogP contribution in [0.4, 0.5) is 10.5 Å². The van der Waals surface area contributed by atoms with Gasteiger partial charge in [0.15, 0.2) is 0 Å². The number of morpholine rings is 1. The lowest BCUT2D eigenvalue weighted by atomic mass is 10.0. The molecule has 3 aliphatic heterocycles. The molecular weight excluding hydrogens is 434 g/mol. The maximum atomic E-state index is 12.9. The minimum absolute atomic E-state index is 0.0787. The van der Waals surface area contributed by atoms with Gasteiger partial charge in [0, 0.05) is 75.1 Å². The van der Waals surface area contributed by atoms with Crippen molar-refractivity contribution in [3.63, 3.8) is 0 Å². The number of fused-ring (bicyclic) bond motifs is 1. The Morgan fingerprint density at radius 2 is 1.85 bits per heavy atom. The quantitative estimate of drug-likeness (QED) is 0.709. The van der Waals surface area contributed by atoms with E-state index < -0.39 is 5.91 Å². The molecule has 0 radical (unpaired) electrons. The summed E-state index contributed by atoms with van der Waals surface area (Å²) in [6, 6.07) is 7.99. The summed E-state index contributed by atoms with van der Waals surface area (Å²) in [6.07, 6.45) is 6.16. The van der Waals surface area contributed by atoms with Gasteiger partial charge in [-0.25, -0.2) is 14.7 Å². The first kappa shape index (κ1) is 22.6. The Balaban J connectivity index is 1.32. The molecule has 1 unspecified atom stereocenters. The molecule has 0 aliphatic carbocycles. The highest BCUT2D eigenvalue weighted by molar-refractivity contribution is 5.94. The van der Waals surface area contributed by atoms with Crippen LogP contribution in [0.15, 0.2) is 41.7 Å². The van der Waals surface area contributed by atoms with Crippen molar-refractivity contribution in [1.82, 2.24) is 19.7 Å². The van der Waals surface area contributed by atoms with Crippen LogP contribution in [-0.4, -0.2) is 97.4 Å². The molecule has 3 N–H and O–H groups in total. The number of carbonyl (C=O) groups excluding carboxylic acids is 1. The van der Waals surface area contributed by atoms with E-state index in [0.717, 1.165) is 41.1 Å². The van der Waals surface area contributed by atoms with E-state index in [1.807, 2.05) is 40.3 Å². The summed E-state index contributed by atoms with van der Waals surface area (Å²) in [5.74, 6) is -0.345. The first-order valence-electron chi connectivity index (χ1n) is 11.7. The van der Waals surface area contributed by atoms with Crippen molar-refractivity contribution in [3.8, 4) is 16.9 Å². The van der Waals surface area contributed by atoms with Gasteiger partial charge in [-0.05, 0) is 30.2 Å². The average Bonchev–Trinajstić information content (AvgIpc) is 3.15. The molecule has 10 heteroatoms. The van der Waals surface area contributed by atoms with Crippen LogP contribution in [0, 0.1) is 0 Å². The lowest BCUT2D eigenvalue weighted by Gasteiger charge is -2.40. The zero-order valence-corrected chi connectivity index (χ0v) is 19.4. The predicted octanol–water partition coefficient (Wildman–Crippen LogP) is 1.63. The Kier molecular flexibility index (Phi) is 6.36. The predicted molar refractivity (Wildman–Crippen MR) is 130 cm³/mol. The molecule has 2 amide bonds. The Hall–Kier alpha value is -3.21. The lowest BCUT2D eigenvalue weighted by Crippen LogP contribution is -2.62. The molecule has 4 heterocycles. The molecule has 1 aromatic carbocycles. The van der Waals surface area contributed by atoms with E-state index in [4.69, 9.17) is 20.2 Å². The van der Waals surface area contributed by atoms with Crippen molar-refractivity contribution in [1.29, 1.82) is 0 Å². The van der Waals surface area contributed by atoms with Crippen molar-refractivity contribution in [2.24, 2.45) is 10.7 Å². The van der Waals surface area contributed by atoms with Gasteiger partial charge in [-0.15, -0.1) is 0 Å². The molecule has 3 aliphatic rings. The van der Waals surface area contributed by atoms with E-state index in [1.165, 1.54) is 0 Å². The van der Waals surface area contributed by atoms with Gasteiger partial charge in [-0.2, -0.15) is 0 Å². The molecule has 180 valence electrons. The molecule has 5 rings (SSSR count). The second kappa shape index (κ2) is 9.57. The number of benzene rings is 1. The third-order valence-corrected chi connectivity index (χ3v) is 6.61. The van der Waals surface area contributed by atoms with Crippen LogP contribution in [0.2, 0.25) is 0 Å². The number of aromatic nitrogens is 1. The first-order valence-corrected chi connectivity index (χ1v) is 11.7. The molecule has 2 aromatic rings. The smallest absolute Gasteiger partial charge is 0.320 e. The van der Waals surface area contributed by atoms with Crippen LogP contribution in [0.25, 0.3) is 11.1 Å². The Labute approximate surface area is 199 Å². The zero-order chi connectivity index (χ0) is 23.5. The van der Waals surface area contributed by atoms with Gasteiger partial charge < -0.3 is 24.6 Å². The van der Waals surface area contributed by atoms with Gasteiger partial charge in [-0.1, -0.05) is 0 Å². The Morgan fingerprint density at radius 3 is 2.62 bits per heavy atom. The minimum atomic E-state index is -1.09. The number of amides is 2. The Morgan fingerprint density at radius 1 is 1.09 bits per heavy atom. The molecule has 1 atom stereocenters. The number of hydrogen-bond acceptors (Lipinski definition) is 8. The molecular formula is C24H31N7O3. The van der Waals surface area contributed by atoms with Crippen molar-refractivity contribution in [2.75, 3.05) is 64.9 Å². The zero-order valence-electron chi connectivity index (χ0n) is 19.4. The van der Waals surface area contributed by atoms with E-state index in [1.54, 1.807) is 19.5 Å². The number of carbonyl (C=O) groups is 1. The fourth-order valence-corrected chi connectivity index (χ4v) is 4.70. The van der Waals surface area contributed by atoms with E-state index in [-0.39, 0.29) is 6.03 Å². The number of rotatable bonds is 3. The van der Waals surface area contributed by atoms with Crippen LogP contribution in [0.1, 0.15) is 12.0 Å². The fourth-order valence-electron chi connectivity index (χ4n) is 4.70. The summed E-state index contributed by atoms with van der Waals surface area (Å²) in [6.45, 7) is 5.14. The highest BCUT2D eigenvalue weighted by Crippen LogP contribution is 2.37. The number of urea groups is 1. The third-order valence-electron chi connectivity index (χ3n) is 6.61. The molecule has 2 saturated heterocycles. The number of nitrogens with two attached hydrogens (primary N) is 1. The van der Waals surface area contributed by atoms with E-state index in [2.05, 4.69) is 15.2 Å². The number of hydrogen-bond donors (Lipinski definition) is 2. The maximum Gasteiger partial charge on any atom is 0.320 e. The lowest BCUT2D eigenvalue weighted by molar-refractivity contribution is 0.0432. The van der Waals surface area contributed by atoms with Crippen molar-refractivity contribution < 1.29 is 14.3 Å².